The van der Waals surface area contributed by atoms with Crippen LogP contribution in [0.4, 0.5) is 5.69 Å². The van der Waals surface area contributed by atoms with Crippen molar-refractivity contribution in [3.8, 4) is 11.5 Å². The monoisotopic (exact) mass is 399 g/mol. The predicted octanol–water partition coefficient (Wildman–Crippen LogP) is 5.15. The quantitative estimate of drug-likeness (QED) is 0.465. The third kappa shape index (κ3) is 4.56. The van der Waals surface area contributed by atoms with E-state index in [2.05, 4.69) is 15.6 Å². The third-order valence-electron chi connectivity index (χ3n) is 4.19. The Morgan fingerprint density at radius 1 is 0.862 bits per heavy atom. The van der Waals surface area contributed by atoms with E-state index in [0.29, 0.717) is 17.0 Å². The molecule has 29 heavy (non-hydrogen) atoms. The molecule has 2 N–H and O–H groups in total. The zero-order chi connectivity index (χ0) is 20.1. The summed E-state index contributed by atoms with van der Waals surface area (Å²) in [5.41, 5.74) is 1.98. The number of nitrogens with zero attached hydrogens (tertiary/aromatic N) is 1. The molecule has 0 radical (unpaired) electrons. The Labute approximate surface area is 173 Å². The molecule has 0 aliphatic rings. The van der Waals surface area contributed by atoms with E-state index >= 15 is 0 Å². The maximum atomic E-state index is 12.7. The van der Waals surface area contributed by atoms with Gasteiger partial charge in [0.25, 0.3) is 5.91 Å². The lowest BCUT2D eigenvalue weighted by atomic mass is 10.1. The fourth-order valence-corrected chi connectivity index (χ4v) is 3.11. The topological polar surface area (TPSA) is 63.2 Å². The normalized spacial score (nSPS) is 10.3. The van der Waals surface area contributed by atoms with E-state index in [-0.39, 0.29) is 11.0 Å². The van der Waals surface area contributed by atoms with Crippen LogP contribution in [0.15, 0.2) is 91.1 Å². The average Bonchev–Trinajstić information content (AvgIpc) is 2.74. The minimum absolute atomic E-state index is 0.202. The summed E-state index contributed by atoms with van der Waals surface area (Å²) in [6.07, 6.45) is 1.70. The number of hydrogen-bond acceptors (Lipinski definition) is 4. The molecule has 3 aromatic carbocycles. The number of benzene rings is 3. The van der Waals surface area contributed by atoms with Crippen molar-refractivity contribution in [1.29, 1.82) is 0 Å². The van der Waals surface area contributed by atoms with Gasteiger partial charge in [-0.25, -0.2) is 0 Å². The highest BCUT2D eigenvalue weighted by Crippen LogP contribution is 2.24. The molecule has 4 rings (SSSR count). The van der Waals surface area contributed by atoms with Crippen molar-refractivity contribution in [3.63, 3.8) is 0 Å². The summed E-state index contributed by atoms with van der Waals surface area (Å²) in [5, 5.41) is 6.71. The summed E-state index contributed by atoms with van der Waals surface area (Å²) in [4.78, 5) is 16.9. The molecule has 0 atom stereocenters. The number of rotatable bonds is 4. The summed E-state index contributed by atoms with van der Waals surface area (Å²) in [6, 6.07) is 25.9. The Morgan fingerprint density at radius 3 is 2.52 bits per heavy atom. The molecule has 6 heteroatoms. The van der Waals surface area contributed by atoms with Crippen LogP contribution in [-0.4, -0.2) is 16.0 Å². The van der Waals surface area contributed by atoms with Crippen LogP contribution in [0.5, 0.6) is 11.5 Å². The molecule has 0 saturated carbocycles. The lowest BCUT2D eigenvalue weighted by Gasteiger charge is -2.12. The number of hydrogen-bond donors (Lipinski definition) is 2. The zero-order valence-electron chi connectivity index (χ0n) is 15.3. The fraction of sp³-hybridized carbons (Fsp3) is 0. The number of aromatic nitrogens is 1. The van der Waals surface area contributed by atoms with Crippen LogP contribution in [0.2, 0.25) is 0 Å². The number of ether oxygens (including phenoxy) is 1. The van der Waals surface area contributed by atoms with Crippen LogP contribution < -0.4 is 15.4 Å². The highest BCUT2D eigenvalue weighted by Gasteiger charge is 2.12. The SMILES string of the molecule is O=C(NC(=S)Nc1cccc(Oc2ccccc2)c1)c1cccc2ncccc12. The van der Waals surface area contributed by atoms with E-state index in [4.69, 9.17) is 17.0 Å². The van der Waals surface area contributed by atoms with Gasteiger partial charge in [0.05, 0.1) is 5.52 Å². The van der Waals surface area contributed by atoms with Crippen molar-refractivity contribution in [2.45, 2.75) is 0 Å². The van der Waals surface area contributed by atoms with Crippen molar-refractivity contribution >= 4 is 39.8 Å². The van der Waals surface area contributed by atoms with E-state index in [1.165, 1.54) is 0 Å². The van der Waals surface area contributed by atoms with E-state index in [0.717, 1.165) is 16.7 Å². The smallest absolute Gasteiger partial charge is 0.258 e. The van der Waals surface area contributed by atoms with Crippen molar-refractivity contribution in [3.05, 3.63) is 96.7 Å². The highest BCUT2D eigenvalue weighted by atomic mass is 32.1. The van der Waals surface area contributed by atoms with Crippen molar-refractivity contribution in [2.75, 3.05) is 5.32 Å². The lowest BCUT2D eigenvalue weighted by molar-refractivity contribution is 0.0979. The van der Waals surface area contributed by atoms with E-state index in [1.807, 2.05) is 66.7 Å². The molecule has 0 fully saturated rings. The Kier molecular flexibility index (Phi) is 5.45. The van der Waals surface area contributed by atoms with Crippen molar-refractivity contribution in [1.82, 2.24) is 10.3 Å². The molecule has 1 amide bonds. The number of amides is 1. The Hall–Kier alpha value is -3.77. The first-order chi connectivity index (χ1) is 14.2. The van der Waals surface area contributed by atoms with Gasteiger partial charge < -0.3 is 10.1 Å². The van der Waals surface area contributed by atoms with Crippen LogP contribution in [0, 0.1) is 0 Å². The molecule has 1 heterocycles. The first-order valence-corrected chi connectivity index (χ1v) is 9.39. The Morgan fingerprint density at radius 2 is 1.66 bits per heavy atom. The predicted molar refractivity (Wildman–Crippen MR) is 118 cm³/mol. The molecule has 5 nitrogen and oxygen atoms in total. The van der Waals surface area contributed by atoms with Gasteiger partial charge in [0.2, 0.25) is 0 Å². The van der Waals surface area contributed by atoms with Gasteiger partial charge in [-0.3, -0.25) is 15.1 Å². The molecule has 0 aliphatic heterocycles. The van der Waals surface area contributed by atoms with Gasteiger partial charge >= 0.3 is 0 Å². The molecule has 1 aromatic heterocycles. The Bertz CT molecular complexity index is 1170. The van der Waals surface area contributed by atoms with Crippen LogP contribution in [-0.2, 0) is 0 Å². The molecular weight excluding hydrogens is 382 g/mol. The largest absolute Gasteiger partial charge is 0.457 e. The van der Waals surface area contributed by atoms with Crippen LogP contribution >= 0.6 is 12.2 Å². The van der Waals surface area contributed by atoms with Gasteiger partial charge in [0.1, 0.15) is 11.5 Å². The molecule has 0 unspecified atom stereocenters. The number of carbonyl (C=O) groups excluding carboxylic acids is 1. The number of carbonyl (C=O) groups is 1. The van der Waals surface area contributed by atoms with Gasteiger partial charge in [0.15, 0.2) is 5.11 Å². The van der Waals surface area contributed by atoms with Gasteiger partial charge in [0, 0.05) is 28.9 Å². The summed E-state index contributed by atoms with van der Waals surface area (Å²) >= 11 is 5.31. The van der Waals surface area contributed by atoms with Crippen LogP contribution in [0.3, 0.4) is 0 Å². The highest BCUT2D eigenvalue weighted by molar-refractivity contribution is 7.80. The number of thiocarbonyl (C=S) groups is 1. The minimum Gasteiger partial charge on any atom is -0.457 e. The molecule has 0 bridgehead atoms. The molecular formula is C23H17N3O2S. The minimum atomic E-state index is -0.294. The maximum absolute atomic E-state index is 12.7. The molecule has 4 aromatic rings. The molecule has 142 valence electrons. The first-order valence-electron chi connectivity index (χ1n) is 8.98. The number of anilines is 1. The molecule has 0 spiro atoms. The standard InChI is InChI=1S/C23H17N3O2S/c27-22(20-11-5-13-21-19(20)12-6-14-24-21)26-23(29)25-16-7-4-10-18(15-16)28-17-8-2-1-3-9-17/h1-15H,(H2,25,26,27,29). The van der Waals surface area contributed by atoms with Crippen LogP contribution in [0.1, 0.15) is 10.4 Å². The lowest BCUT2D eigenvalue weighted by Crippen LogP contribution is -2.34. The summed E-state index contributed by atoms with van der Waals surface area (Å²) in [5.74, 6) is 1.11. The third-order valence-corrected chi connectivity index (χ3v) is 4.39. The number of fused-ring (bicyclic) bond motifs is 1. The second-order valence-electron chi connectivity index (χ2n) is 6.23. The van der Waals surface area contributed by atoms with Gasteiger partial charge in [-0.1, -0.05) is 36.4 Å². The average molecular weight is 399 g/mol. The number of para-hydroxylation sites is 1. The van der Waals surface area contributed by atoms with Gasteiger partial charge in [-0.15, -0.1) is 0 Å². The molecule has 0 saturated heterocycles. The summed E-state index contributed by atoms with van der Waals surface area (Å²) < 4.78 is 5.82. The molecule has 0 aliphatic carbocycles. The fourth-order valence-electron chi connectivity index (χ4n) is 2.90. The second kappa shape index (κ2) is 8.50. The van der Waals surface area contributed by atoms with Gasteiger partial charge in [-0.2, -0.15) is 0 Å². The Balaban J connectivity index is 1.44. The number of nitrogens with one attached hydrogen (secondary N) is 2. The summed E-state index contributed by atoms with van der Waals surface area (Å²) in [7, 11) is 0. The maximum Gasteiger partial charge on any atom is 0.258 e. The second-order valence-corrected chi connectivity index (χ2v) is 6.64. The van der Waals surface area contributed by atoms with E-state index in [1.54, 1.807) is 24.4 Å². The number of pyridine rings is 1. The van der Waals surface area contributed by atoms with Crippen molar-refractivity contribution in [2.24, 2.45) is 0 Å². The van der Waals surface area contributed by atoms with E-state index in [9.17, 15) is 4.79 Å². The van der Waals surface area contributed by atoms with Crippen molar-refractivity contribution < 1.29 is 9.53 Å². The summed E-state index contributed by atoms with van der Waals surface area (Å²) in [6.45, 7) is 0. The zero-order valence-corrected chi connectivity index (χ0v) is 16.1. The van der Waals surface area contributed by atoms with Crippen LogP contribution in [0.25, 0.3) is 10.9 Å². The van der Waals surface area contributed by atoms with E-state index < -0.39 is 0 Å². The first kappa shape index (κ1) is 18.6. The van der Waals surface area contributed by atoms with Gasteiger partial charge in [-0.05, 0) is 54.7 Å².